The fourth-order valence-corrected chi connectivity index (χ4v) is 3.76. The maximum atomic E-state index is 12.9. The van der Waals surface area contributed by atoms with Gasteiger partial charge in [0.1, 0.15) is 5.76 Å². The molecule has 0 bridgehead atoms. The Morgan fingerprint density at radius 2 is 1.96 bits per heavy atom. The van der Waals surface area contributed by atoms with Gasteiger partial charge in [0.2, 0.25) is 5.91 Å². The predicted molar refractivity (Wildman–Crippen MR) is 102 cm³/mol. The number of ether oxygens (including phenoxy) is 1. The summed E-state index contributed by atoms with van der Waals surface area (Å²) in [4.78, 5) is 24.8. The summed E-state index contributed by atoms with van der Waals surface area (Å²) in [6, 6.07) is 16.7. The topological polar surface area (TPSA) is 68.5 Å². The van der Waals surface area contributed by atoms with Gasteiger partial charge in [0.05, 0.1) is 24.4 Å². The van der Waals surface area contributed by atoms with Crippen molar-refractivity contribution in [2.24, 2.45) is 0 Å². The number of carbonyl (C=O) groups is 2. The SMILES string of the molecule is COC(=O)c1cccc(CC2(C)C(=O)Nc3cccc(-c4ccco4)c32)c1. The maximum absolute atomic E-state index is 12.9. The van der Waals surface area contributed by atoms with Crippen LogP contribution >= 0.6 is 0 Å². The molecule has 5 nitrogen and oxygen atoms in total. The lowest BCUT2D eigenvalue weighted by atomic mass is 9.76. The number of carbonyl (C=O) groups excluding carboxylic acids is 2. The molecule has 0 spiro atoms. The standard InChI is InChI=1S/C22H19NO4/c1-22(13-14-6-3-7-15(12-14)20(24)26-2)19-16(18-10-5-11-27-18)8-4-9-17(19)23-21(22)25/h3-12H,13H2,1-2H3,(H,23,25). The largest absolute Gasteiger partial charge is 0.465 e. The van der Waals surface area contributed by atoms with E-state index in [1.807, 2.05) is 43.3 Å². The minimum Gasteiger partial charge on any atom is -0.465 e. The third-order valence-corrected chi connectivity index (χ3v) is 5.06. The molecular formula is C22H19NO4. The molecule has 1 N–H and O–H groups in total. The number of anilines is 1. The molecule has 2 heterocycles. The molecule has 2 aromatic carbocycles. The lowest BCUT2D eigenvalue weighted by Gasteiger charge is -2.24. The molecular weight excluding hydrogens is 342 g/mol. The Balaban J connectivity index is 1.79. The van der Waals surface area contributed by atoms with Gasteiger partial charge in [-0.25, -0.2) is 4.79 Å². The van der Waals surface area contributed by atoms with Crippen molar-refractivity contribution >= 4 is 17.6 Å². The average Bonchev–Trinajstić information content (AvgIpc) is 3.29. The van der Waals surface area contributed by atoms with Crippen molar-refractivity contribution in [3.63, 3.8) is 0 Å². The molecule has 0 saturated heterocycles. The molecule has 5 heteroatoms. The molecule has 4 rings (SSSR count). The van der Waals surface area contributed by atoms with Gasteiger partial charge >= 0.3 is 5.97 Å². The van der Waals surface area contributed by atoms with E-state index >= 15 is 0 Å². The number of hydrogen-bond donors (Lipinski definition) is 1. The van der Waals surface area contributed by atoms with Gasteiger partial charge in [-0.15, -0.1) is 0 Å². The molecule has 3 aromatic rings. The van der Waals surface area contributed by atoms with Gasteiger partial charge < -0.3 is 14.5 Å². The zero-order valence-electron chi connectivity index (χ0n) is 15.1. The highest BCUT2D eigenvalue weighted by Crippen LogP contribution is 2.45. The Kier molecular flexibility index (Phi) is 4.07. The normalized spacial score (nSPS) is 18.1. The Bertz CT molecular complexity index is 1020. The van der Waals surface area contributed by atoms with Crippen LogP contribution in [0.15, 0.2) is 65.3 Å². The van der Waals surface area contributed by atoms with Crippen molar-refractivity contribution in [3.05, 3.63) is 77.6 Å². The zero-order valence-corrected chi connectivity index (χ0v) is 15.1. The maximum Gasteiger partial charge on any atom is 0.337 e. The van der Waals surface area contributed by atoms with Gasteiger partial charge in [-0.2, -0.15) is 0 Å². The number of benzene rings is 2. The van der Waals surface area contributed by atoms with Crippen molar-refractivity contribution < 1.29 is 18.7 Å². The Hall–Kier alpha value is -3.34. The van der Waals surface area contributed by atoms with E-state index in [0.29, 0.717) is 12.0 Å². The summed E-state index contributed by atoms with van der Waals surface area (Å²) in [5.74, 6) is 0.257. The molecule has 1 aliphatic heterocycles. The van der Waals surface area contributed by atoms with E-state index in [2.05, 4.69) is 5.32 Å². The average molecular weight is 361 g/mol. The summed E-state index contributed by atoms with van der Waals surface area (Å²) in [6.07, 6.45) is 2.07. The summed E-state index contributed by atoms with van der Waals surface area (Å²) in [5.41, 5.74) is 3.17. The van der Waals surface area contributed by atoms with Gasteiger partial charge in [-0.1, -0.05) is 24.3 Å². The summed E-state index contributed by atoms with van der Waals surface area (Å²) in [5, 5.41) is 2.99. The lowest BCUT2D eigenvalue weighted by molar-refractivity contribution is -0.120. The highest BCUT2D eigenvalue weighted by Gasteiger charge is 2.44. The molecule has 0 fully saturated rings. The third kappa shape index (κ3) is 2.81. The first-order valence-electron chi connectivity index (χ1n) is 8.69. The monoisotopic (exact) mass is 361 g/mol. The van der Waals surface area contributed by atoms with Crippen LogP contribution < -0.4 is 5.32 Å². The fourth-order valence-electron chi connectivity index (χ4n) is 3.76. The van der Waals surface area contributed by atoms with Gasteiger partial charge in [-0.3, -0.25) is 4.79 Å². The van der Waals surface area contributed by atoms with Crippen LogP contribution in [0.5, 0.6) is 0 Å². The van der Waals surface area contributed by atoms with Gasteiger partial charge in [0.15, 0.2) is 0 Å². The molecule has 0 aliphatic carbocycles. The van der Waals surface area contributed by atoms with E-state index in [4.69, 9.17) is 9.15 Å². The third-order valence-electron chi connectivity index (χ3n) is 5.06. The number of fused-ring (bicyclic) bond motifs is 1. The Morgan fingerprint density at radius 1 is 1.15 bits per heavy atom. The number of methoxy groups -OCH3 is 1. The second-order valence-corrected chi connectivity index (χ2v) is 6.86. The van der Waals surface area contributed by atoms with Crippen molar-refractivity contribution in [2.45, 2.75) is 18.8 Å². The second kappa shape index (κ2) is 6.43. The van der Waals surface area contributed by atoms with E-state index in [1.165, 1.54) is 7.11 Å². The first kappa shape index (κ1) is 17.1. The molecule has 1 atom stereocenters. The summed E-state index contributed by atoms with van der Waals surface area (Å²) in [6.45, 7) is 1.92. The van der Waals surface area contributed by atoms with E-state index in [9.17, 15) is 9.59 Å². The van der Waals surface area contributed by atoms with Gasteiger partial charge in [0, 0.05) is 16.8 Å². The van der Waals surface area contributed by atoms with Crippen molar-refractivity contribution in [2.75, 3.05) is 12.4 Å². The first-order chi connectivity index (χ1) is 13.0. The molecule has 0 radical (unpaired) electrons. The number of furan rings is 1. The van der Waals surface area contributed by atoms with E-state index in [1.54, 1.807) is 24.5 Å². The van der Waals surface area contributed by atoms with Crippen molar-refractivity contribution in [1.29, 1.82) is 0 Å². The highest BCUT2D eigenvalue weighted by atomic mass is 16.5. The molecule has 1 aromatic heterocycles. The molecule has 1 unspecified atom stereocenters. The minimum absolute atomic E-state index is 0.0695. The lowest BCUT2D eigenvalue weighted by Crippen LogP contribution is -2.33. The molecule has 1 aliphatic rings. The molecule has 136 valence electrons. The van der Waals surface area contributed by atoms with Crippen LogP contribution in [-0.4, -0.2) is 19.0 Å². The number of nitrogens with one attached hydrogen (secondary N) is 1. The van der Waals surface area contributed by atoms with E-state index in [-0.39, 0.29) is 5.91 Å². The Labute approximate surface area is 157 Å². The summed E-state index contributed by atoms with van der Waals surface area (Å²) in [7, 11) is 1.35. The highest BCUT2D eigenvalue weighted by molar-refractivity contribution is 6.08. The first-order valence-corrected chi connectivity index (χ1v) is 8.69. The number of hydrogen-bond acceptors (Lipinski definition) is 4. The van der Waals surface area contributed by atoms with Crippen LogP contribution in [0.2, 0.25) is 0 Å². The van der Waals surface area contributed by atoms with Crippen LogP contribution in [0.25, 0.3) is 11.3 Å². The number of amides is 1. The molecule has 27 heavy (non-hydrogen) atoms. The van der Waals surface area contributed by atoms with Gasteiger partial charge in [-0.05, 0) is 49.2 Å². The Morgan fingerprint density at radius 3 is 2.70 bits per heavy atom. The minimum atomic E-state index is -0.784. The zero-order chi connectivity index (χ0) is 19.0. The van der Waals surface area contributed by atoms with Crippen LogP contribution in [0.3, 0.4) is 0 Å². The number of esters is 1. The predicted octanol–water partition coefficient (Wildman–Crippen LogP) is 4.19. The molecule has 1 amide bonds. The second-order valence-electron chi connectivity index (χ2n) is 6.86. The van der Waals surface area contributed by atoms with Crippen LogP contribution in [0.4, 0.5) is 5.69 Å². The van der Waals surface area contributed by atoms with E-state index in [0.717, 1.165) is 28.1 Å². The fraction of sp³-hybridized carbons (Fsp3) is 0.182. The molecule has 0 saturated carbocycles. The van der Waals surface area contributed by atoms with Gasteiger partial charge in [0.25, 0.3) is 0 Å². The summed E-state index contributed by atoms with van der Waals surface area (Å²) >= 11 is 0. The van der Waals surface area contributed by atoms with Crippen LogP contribution in [0, 0.1) is 0 Å². The van der Waals surface area contributed by atoms with E-state index < -0.39 is 11.4 Å². The number of rotatable bonds is 4. The van der Waals surface area contributed by atoms with Crippen LogP contribution in [0.1, 0.15) is 28.4 Å². The van der Waals surface area contributed by atoms with Crippen molar-refractivity contribution in [3.8, 4) is 11.3 Å². The quantitative estimate of drug-likeness (QED) is 0.708. The van der Waals surface area contributed by atoms with Crippen molar-refractivity contribution in [1.82, 2.24) is 0 Å². The van der Waals surface area contributed by atoms with Crippen LogP contribution in [-0.2, 0) is 21.4 Å². The summed E-state index contributed by atoms with van der Waals surface area (Å²) < 4.78 is 10.4. The smallest absolute Gasteiger partial charge is 0.337 e.